The van der Waals surface area contributed by atoms with E-state index in [2.05, 4.69) is 5.16 Å². The fraction of sp³-hybridized carbons (Fsp3) is 0.750. The first-order valence-electron chi connectivity index (χ1n) is 4.24. The number of carboxylic acid groups (broad SMARTS) is 1. The number of oxime groups is 1. The van der Waals surface area contributed by atoms with Gasteiger partial charge in [0.25, 0.3) is 0 Å². The quantitative estimate of drug-likeness (QED) is 0.539. The maximum Gasteiger partial charge on any atom is 0.136 e. The van der Waals surface area contributed by atoms with Gasteiger partial charge in [-0.1, -0.05) is 11.6 Å². The minimum atomic E-state index is -1.18. The Bertz CT molecular complexity index is 236. The highest BCUT2D eigenvalue weighted by Crippen LogP contribution is 2.32. The molecule has 0 aromatic carbocycles. The Kier molecular flexibility index (Phi) is 1.75. The molecule has 1 aliphatic carbocycles. The third-order valence-corrected chi connectivity index (χ3v) is 2.55. The van der Waals surface area contributed by atoms with Gasteiger partial charge < -0.3 is 14.7 Å². The number of carbonyl (C=O) groups excluding carboxylic acids is 1. The van der Waals surface area contributed by atoms with E-state index < -0.39 is 5.97 Å². The van der Waals surface area contributed by atoms with Gasteiger partial charge in [-0.15, -0.1) is 0 Å². The second kappa shape index (κ2) is 2.77. The summed E-state index contributed by atoms with van der Waals surface area (Å²) in [6.07, 6.45) is 3.97. The van der Waals surface area contributed by atoms with Crippen LogP contribution in [-0.2, 0) is 9.63 Å². The van der Waals surface area contributed by atoms with Crippen LogP contribution in [0, 0.1) is 5.92 Å². The van der Waals surface area contributed by atoms with Crippen LogP contribution in [0.5, 0.6) is 0 Å². The smallest absolute Gasteiger partial charge is 0.136 e. The first-order chi connectivity index (χ1) is 5.79. The summed E-state index contributed by atoms with van der Waals surface area (Å²) in [7, 11) is 0. The van der Waals surface area contributed by atoms with Crippen molar-refractivity contribution in [3.63, 3.8) is 0 Å². The van der Waals surface area contributed by atoms with Gasteiger partial charge in [-0.3, -0.25) is 0 Å². The molecule has 12 heavy (non-hydrogen) atoms. The molecule has 66 valence electrons. The van der Waals surface area contributed by atoms with E-state index in [9.17, 15) is 9.90 Å². The third-order valence-electron chi connectivity index (χ3n) is 2.55. The van der Waals surface area contributed by atoms with E-state index in [0.29, 0.717) is 0 Å². The number of rotatable bonds is 1. The molecule has 2 aliphatic rings. The molecular formula is C8H10NO3-. The third kappa shape index (κ3) is 1.07. The molecule has 0 saturated heterocycles. The highest BCUT2D eigenvalue weighted by molar-refractivity contribution is 6.35. The van der Waals surface area contributed by atoms with Crippen molar-refractivity contribution >= 4 is 11.7 Å². The molecule has 0 radical (unpaired) electrons. The average Bonchev–Trinajstić information content (AvgIpc) is 2.47. The minimum Gasteiger partial charge on any atom is -0.543 e. The molecule has 2 atom stereocenters. The Labute approximate surface area is 70.2 Å². The molecule has 1 saturated carbocycles. The fourth-order valence-corrected chi connectivity index (χ4v) is 1.92. The Morgan fingerprint density at radius 2 is 2.25 bits per heavy atom. The SMILES string of the molecule is O=C([O-])C1=NO[C@H]2CCCC[C@@H]12. The standard InChI is InChI=1S/C8H11NO3/c10-8(11)7-5-3-1-2-4-6(5)12-9-7/h5-6H,1-4H2,(H,10,11)/p-1/t5-,6+/m1/s1. The van der Waals surface area contributed by atoms with Gasteiger partial charge >= 0.3 is 0 Å². The monoisotopic (exact) mass is 168 g/mol. The molecule has 0 aromatic heterocycles. The minimum absolute atomic E-state index is 0.00616. The van der Waals surface area contributed by atoms with Gasteiger partial charge in [0.2, 0.25) is 0 Å². The first kappa shape index (κ1) is 7.58. The van der Waals surface area contributed by atoms with Crippen LogP contribution in [0.1, 0.15) is 25.7 Å². The van der Waals surface area contributed by atoms with Crippen LogP contribution < -0.4 is 5.11 Å². The van der Waals surface area contributed by atoms with E-state index in [4.69, 9.17) is 4.84 Å². The molecule has 0 unspecified atom stereocenters. The van der Waals surface area contributed by atoms with Crippen LogP contribution in [0.4, 0.5) is 0 Å². The lowest BCUT2D eigenvalue weighted by atomic mass is 9.84. The van der Waals surface area contributed by atoms with Crippen LogP contribution in [-0.4, -0.2) is 17.8 Å². The predicted octanol–water partition coefficient (Wildman–Crippen LogP) is -0.319. The number of hydrogen-bond acceptors (Lipinski definition) is 4. The molecule has 0 aromatic rings. The molecule has 1 fully saturated rings. The van der Waals surface area contributed by atoms with Gasteiger partial charge in [0.05, 0.1) is 5.97 Å². The van der Waals surface area contributed by atoms with Crippen molar-refractivity contribution in [2.75, 3.05) is 0 Å². The highest BCUT2D eigenvalue weighted by atomic mass is 16.6. The molecule has 0 amide bonds. The van der Waals surface area contributed by atoms with Crippen LogP contribution in [0.2, 0.25) is 0 Å². The molecular weight excluding hydrogens is 158 g/mol. The van der Waals surface area contributed by atoms with Crippen molar-refractivity contribution in [1.82, 2.24) is 0 Å². The Morgan fingerprint density at radius 3 is 3.00 bits per heavy atom. The average molecular weight is 168 g/mol. The summed E-state index contributed by atoms with van der Waals surface area (Å²) in [6, 6.07) is 0. The number of fused-ring (bicyclic) bond motifs is 1. The topological polar surface area (TPSA) is 61.7 Å². The molecule has 0 N–H and O–H groups in total. The van der Waals surface area contributed by atoms with Crippen molar-refractivity contribution in [2.45, 2.75) is 31.8 Å². The zero-order valence-corrected chi connectivity index (χ0v) is 6.66. The number of hydrogen-bond donors (Lipinski definition) is 0. The molecule has 1 heterocycles. The second-order valence-corrected chi connectivity index (χ2v) is 3.30. The van der Waals surface area contributed by atoms with Crippen molar-refractivity contribution in [3.05, 3.63) is 0 Å². The van der Waals surface area contributed by atoms with Crippen LogP contribution in [0.3, 0.4) is 0 Å². The highest BCUT2D eigenvalue weighted by Gasteiger charge is 2.36. The fourth-order valence-electron chi connectivity index (χ4n) is 1.92. The Balaban J connectivity index is 2.13. The van der Waals surface area contributed by atoms with Crippen molar-refractivity contribution < 1.29 is 14.7 Å². The first-order valence-corrected chi connectivity index (χ1v) is 4.24. The Morgan fingerprint density at radius 1 is 1.50 bits per heavy atom. The molecule has 2 rings (SSSR count). The maximum atomic E-state index is 10.5. The zero-order valence-electron chi connectivity index (χ0n) is 6.66. The summed E-state index contributed by atoms with van der Waals surface area (Å²) < 4.78 is 0. The number of carboxylic acids is 1. The van der Waals surface area contributed by atoms with Gasteiger partial charge in [0, 0.05) is 5.92 Å². The Hall–Kier alpha value is -1.06. The van der Waals surface area contributed by atoms with Crippen molar-refractivity contribution in [1.29, 1.82) is 0 Å². The summed E-state index contributed by atoms with van der Waals surface area (Å²) in [4.78, 5) is 15.5. The van der Waals surface area contributed by atoms with Gasteiger partial charge in [-0.05, 0) is 19.3 Å². The molecule has 0 spiro atoms. The number of aliphatic carboxylic acids is 1. The van der Waals surface area contributed by atoms with Crippen molar-refractivity contribution in [2.24, 2.45) is 11.1 Å². The molecule has 4 nitrogen and oxygen atoms in total. The number of carbonyl (C=O) groups is 1. The maximum absolute atomic E-state index is 10.5. The van der Waals surface area contributed by atoms with Crippen LogP contribution in [0.15, 0.2) is 5.16 Å². The largest absolute Gasteiger partial charge is 0.543 e. The van der Waals surface area contributed by atoms with Gasteiger partial charge in [-0.25, -0.2) is 0 Å². The molecule has 1 aliphatic heterocycles. The molecule has 0 bridgehead atoms. The van der Waals surface area contributed by atoms with E-state index in [1.54, 1.807) is 0 Å². The van der Waals surface area contributed by atoms with E-state index in [-0.39, 0.29) is 17.7 Å². The summed E-state index contributed by atoms with van der Waals surface area (Å²) in [5.41, 5.74) is 0.111. The lowest BCUT2D eigenvalue weighted by Crippen LogP contribution is -2.38. The van der Waals surface area contributed by atoms with Crippen LogP contribution >= 0.6 is 0 Å². The van der Waals surface area contributed by atoms with Crippen molar-refractivity contribution in [3.8, 4) is 0 Å². The van der Waals surface area contributed by atoms with E-state index >= 15 is 0 Å². The molecule has 4 heteroatoms. The predicted molar refractivity (Wildman–Crippen MR) is 39.3 cm³/mol. The summed E-state index contributed by atoms with van der Waals surface area (Å²) >= 11 is 0. The lowest BCUT2D eigenvalue weighted by Gasteiger charge is -2.23. The van der Waals surface area contributed by atoms with E-state index in [1.165, 1.54) is 0 Å². The van der Waals surface area contributed by atoms with E-state index in [0.717, 1.165) is 25.7 Å². The summed E-state index contributed by atoms with van der Waals surface area (Å²) in [5, 5.41) is 14.1. The lowest BCUT2D eigenvalue weighted by molar-refractivity contribution is -0.294. The van der Waals surface area contributed by atoms with Gasteiger partial charge in [-0.2, -0.15) is 0 Å². The summed E-state index contributed by atoms with van der Waals surface area (Å²) in [6.45, 7) is 0. The normalized spacial score (nSPS) is 33.5. The summed E-state index contributed by atoms with van der Waals surface area (Å²) in [5.74, 6) is -1.19. The second-order valence-electron chi connectivity index (χ2n) is 3.30. The zero-order chi connectivity index (χ0) is 8.55. The van der Waals surface area contributed by atoms with Gasteiger partial charge in [0.15, 0.2) is 0 Å². The van der Waals surface area contributed by atoms with E-state index in [1.807, 2.05) is 0 Å². The van der Waals surface area contributed by atoms with Gasteiger partial charge in [0.1, 0.15) is 11.8 Å². The van der Waals surface area contributed by atoms with Crippen LogP contribution in [0.25, 0.3) is 0 Å². The number of nitrogens with zero attached hydrogens (tertiary/aromatic N) is 1.